The number of benzene rings is 2. The number of fused-ring (bicyclic) bond motifs is 1. The summed E-state index contributed by atoms with van der Waals surface area (Å²) >= 11 is 11.8. The maximum Gasteiger partial charge on any atom is 0.261 e. The average Bonchev–Trinajstić information content (AvgIpc) is 2.89. The highest BCUT2D eigenvalue weighted by molar-refractivity contribution is 7.92. The molecule has 28 heavy (non-hydrogen) atoms. The van der Waals surface area contributed by atoms with Crippen molar-refractivity contribution in [2.75, 3.05) is 17.8 Å². The maximum atomic E-state index is 12.7. The molecule has 2 aromatic carbocycles. The minimum Gasteiger partial charge on any atom is -0.350 e. The first-order valence-corrected chi connectivity index (χ1v) is 10.9. The smallest absolute Gasteiger partial charge is 0.261 e. The summed E-state index contributed by atoms with van der Waals surface area (Å²) in [5.41, 5.74) is 1.76. The van der Waals surface area contributed by atoms with E-state index in [4.69, 9.17) is 23.2 Å². The molecule has 0 aliphatic carbocycles. The van der Waals surface area contributed by atoms with Crippen molar-refractivity contribution in [3.8, 4) is 0 Å². The SMILES string of the molecule is Cn1cc(C(=O)N2CCC2)c2ccc(NS(=O)(=O)c3cc(Cl)cc(Cl)c3)cc21. The van der Waals surface area contributed by atoms with Crippen molar-refractivity contribution in [2.24, 2.45) is 7.05 Å². The Labute approximate surface area is 172 Å². The Balaban J connectivity index is 1.68. The topological polar surface area (TPSA) is 71.4 Å². The largest absolute Gasteiger partial charge is 0.350 e. The number of carbonyl (C=O) groups is 1. The minimum absolute atomic E-state index is 0.00116. The summed E-state index contributed by atoms with van der Waals surface area (Å²) in [5, 5.41) is 1.26. The molecule has 1 amide bonds. The number of nitrogens with one attached hydrogen (secondary N) is 1. The molecule has 0 atom stereocenters. The Hall–Kier alpha value is -2.22. The lowest BCUT2D eigenvalue weighted by atomic mass is 10.1. The van der Waals surface area contributed by atoms with Crippen molar-refractivity contribution in [3.05, 3.63) is 58.2 Å². The molecule has 4 rings (SSSR count). The van der Waals surface area contributed by atoms with Gasteiger partial charge in [-0.25, -0.2) is 8.42 Å². The van der Waals surface area contributed by atoms with Crippen LogP contribution in [0.4, 0.5) is 5.69 Å². The fourth-order valence-electron chi connectivity index (χ4n) is 3.21. The van der Waals surface area contributed by atoms with Gasteiger partial charge in [0.25, 0.3) is 15.9 Å². The van der Waals surface area contributed by atoms with Gasteiger partial charge in [0.2, 0.25) is 0 Å². The summed E-state index contributed by atoms with van der Waals surface area (Å²) in [4.78, 5) is 14.4. The third kappa shape index (κ3) is 3.45. The number of aryl methyl sites for hydroxylation is 1. The van der Waals surface area contributed by atoms with E-state index in [-0.39, 0.29) is 20.8 Å². The standard InChI is InChI=1S/C19H17Cl2N3O3S/c1-23-11-17(19(25)24-5-2-6-24)16-4-3-14(10-18(16)23)22-28(26,27)15-8-12(20)7-13(21)9-15/h3-4,7-11,22H,2,5-6H2,1H3. The summed E-state index contributed by atoms with van der Waals surface area (Å²) in [6.45, 7) is 1.55. The average molecular weight is 438 g/mol. The number of carbonyl (C=O) groups excluding carboxylic acids is 1. The van der Waals surface area contributed by atoms with Crippen LogP contribution in [0.25, 0.3) is 10.9 Å². The Bertz CT molecular complexity index is 1180. The summed E-state index contributed by atoms with van der Waals surface area (Å²) in [5.74, 6) is -0.00116. The number of halogens is 2. The highest BCUT2D eigenvalue weighted by atomic mass is 35.5. The second-order valence-electron chi connectivity index (χ2n) is 6.74. The molecule has 2 heterocycles. The molecule has 0 radical (unpaired) electrons. The van der Waals surface area contributed by atoms with Gasteiger partial charge in [-0.2, -0.15) is 0 Å². The molecule has 146 valence electrons. The van der Waals surface area contributed by atoms with E-state index in [1.807, 2.05) is 11.6 Å². The van der Waals surface area contributed by atoms with Crippen molar-refractivity contribution in [1.29, 1.82) is 0 Å². The van der Waals surface area contributed by atoms with Crippen molar-refractivity contribution < 1.29 is 13.2 Å². The van der Waals surface area contributed by atoms with Crippen LogP contribution in [0, 0.1) is 0 Å². The van der Waals surface area contributed by atoms with E-state index in [2.05, 4.69) is 4.72 Å². The lowest BCUT2D eigenvalue weighted by Gasteiger charge is -2.30. The normalized spacial score (nSPS) is 14.2. The van der Waals surface area contributed by atoms with Crippen LogP contribution in [0.1, 0.15) is 16.8 Å². The number of anilines is 1. The monoisotopic (exact) mass is 437 g/mol. The van der Waals surface area contributed by atoms with Gasteiger partial charge in [0.05, 0.1) is 21.7 Å². The quantitative estimate of drug-likeness (QED) is 0.666. The van der Waals surface area contributed by atoms with Gasteiger partial charge < -0.3 is 9.47 Å². The van der Waals surface area contributed by atoms with Crippen molar-refractivity contribution >= 4 is 55.7 Å². The lowest BCUT2D eigenvalue weighted by Crippen LogP contribution is -2.41. The van der Waals surface area contributed by atoms with Gasteiger partial charge in [0.1, 0.15) is 0 Å². The Morgan fingerprint density at radius 1 is 1.07 bits per heavy atom. The van der Waals surface area contributed by atoms with E-state index < -0.39 is 10.0 Å². The van der Waals surface area contributed by atoms with Crippen LogP contribution >= 0.6 is 23.2 Å². The molecule has 0 saturated carbocycles. The number of amides is 1. The molecule has 9 heteroatoms. The van der Waals surface area contributed by atoms with Gasteiger partial charge in [-0.15, -0.1) is 0 Å². The first kappa shape index (κ1) is 19.1. The molecule has 0 spiro atoms. The van der Waals surface area contributed by atoms with Gasteiger partial charge in [-0.1, -0.05) is 23.2 Å². The van der Waals surface area contributed by atoms with E-state index in [1.54, 1.807) is 29.3 Å². The minimum atomic E-state index is -3.86. The van der Waals surface area contributed by atoms with Gasteiger partial charge in [-0.3, -0.25) is 9.52 Å². The van der Waals surface area contributed by atoms with Crippen LogP contribution in [0.15, 0.2) is 47.5 Å². The predicted molar refractivity (Wildman–Crippen MR) is 111 cm³/mol. The van der Waals surface area contributed by atoms with Gasteiger partial charge >= 0.3 is 0 Å². The molecule has 3 aromatic rings. The van der Waals surface area contributed by atoms with Crippen LogP contribution in [0.5, 0.6) is 0 Å². The zero-order valence-electron chi connectivity index (χ0n) is 14.9. The molecule has 1 aromatic heterocycles. The molecule has 0 unspecified atom stereocenters. The Morgan fingerprint density at radius 2 is 1.75 bits per heavy atom. The van der Waals surface area contributed by atoms with Crippen LogP contribution in [0.3, 0.4) is 0 Å². The molecule has 6 nitrogen and oxygen atoms in total. The maximum absolute atomic E-state index is 12.7. The van der Waals surface area contributed by atoms with E-state index in [0.717, 1.165) is 30.4 Å². The van der Waals surface area contributed by atoms with Gasteiger partial charge in [0.15, 0.2) is 0 Å². The first-order chi connectivity index (χ1) is 13.2. The molecular weight excluding hydrogens is 421 g/mol. The zero-order valence-corrected chi connectivity index (χ0v) is 17.3. The second-order valence-corrected chi connectivity index (χ2v) is 9.30. The van der Waals surface area contributed by atoms with Crippen molar-refractivity contribution in [2.45, 2.75) is 11.3 Å². The summed E-state index contributed by atoms with van der Waals surface area (Å²) in [6.07, 6.45) is 2.80. The summed E-state index contributed by atoms with van der Waals surface area (Å²) < 4.78 is 29.7. The van der Waals surface area contributed by atoms with E-state index in [1.165, 1.54) is 18.2 Å². The fourth-order valence-corrected chi connectivity index (χ4v) is 4.98. The van der Waals surface area contributed by atoms with E-state index in [9.17, 15) is 13.2 Å². The molecule has 1 N–H and O–H groups in total. The predicted octanol–water partition coefficient (Wildman–Crippen LogP) is 4.13. The zero-order chi connectivity index (χ0) is 20.1. The number of hydrogen-bond acceptors (Lipinski definition) is 3. The highest BCUT2D eigenvalue weighted by Crippen LogP contribution is 2.28. The number of aromatic nitrogens is 1. The lowest BCUT2D eigenvalue weighted by molar-refractivity contribution is 0.0653. The first-order valence-electron chi connectivity index (χ1n) is 8.62. The highest BCUT2D eigenvalue weighted by Gasteiger charge is 2.25. The number of hydrogen-bond donors (Lipinski definition) is 1. The Morgan fingerprint density at radius 3 is 2.36 bits per heavy atom. The summed E-state index contributed by atoms with van der Waals surface area (Å²) in [6, 6.07) is 9.23. The molecule has 1 aliphatic heterocycles. The summed E-state index contributed by atoms with van der Waals surface area (Å²) in [7, 11) is -2.04. The molecule has 1 saturated heterocycles. The molecular formula is C19H17Cl2N3O3S. The van der Waals surface area contributed by atoms with Crippen LogP contribution in [-0.2, 0) is 17.1 Å². The molecule has 1 aliphatic rings. The van der Waals surface area contributed by atoms with Crippen molar-refractivity contribution in [1.82, 2.24) is 9.47 Å². The van der Waals surface area contributed by atoms with Crippen LogP contribution in [0.2, 0.25) is 10.0 Å². The Kier molecular flexibility index (Phi) is 4.77. The number of sulfonamides is 1. The van der Waals surface area contributed by atoms with Crippen LogP contribution < -0.4 is 4.72 Å². The number of nitrogens with zero attached hydrogens (tertiary/aromatic N) is 2. The number of rotatable bonds is 4. The third-order valence-corrected chi connectivity index (χ3v) is 6.56. The molecule has 0 bridgehead atoms. The van der Waals surface area contributed by atoms with Crippen LogP contribution in [-0.4, -0.2) is 36.9 Å². The fraction of sp³-hybridized carbons (Fsp3) is 0.211. The van der Waals surface area contributed by atoms with E-state index in [0.29, 0.717) is 11.3 Å². The van der Waals surface area contributed by atoms with Gasteiger partial charge in [0, 0.05) is 41.8 Å². The molecule has 1 fully saturated rings. The third-order valence-electron chi connectivity index (χ3n) is 4.76. The van der Waals surface area contributed by atoms with E-state index >= 15 is 0 Å². The van der Waals surface area contributed by atoms with Gasteiger partial charge in [-0.05, 0) is 42.8 Å². The van der Waals surface area contributed by atoms with Crippen molar-refractivity contribution in [3.63, 3.8) is 0 Å². The second kappa shape index (κ2) is 6.99. The number of likely N-dealkylation sites (tertiary alicyclic amines) is 1.